The van der Waals surface area contributed by atoms with E-state index >= 15 is 0 Å². The van der Waals surface area contributed by atoms with Crippen LogP contribution in [-0.4, -0.2) is 69.7 Å². The Balaban J connectivity index is 1.25. The highest BCUT2D eigenvalue weighted by molar-refractivity contribution is 7.10. The zero-order chi connectivity index (χ0) is 37.2. The van der Waals surface area contributed by atoms with Crippen molar-refractivity contribution in [3.8, 4) is 22.5 Å². The largest absolute Gasteiger partial charge is 0.464 e. The van der Waals surface area contributed by atoms with Crippen molar-refractivity contribution < 1.29 is 23.9 Å². The molecule has 11 nitrogen and oxygen atoms in total. The second kappa shape index (κ2) is 13.6. The van der Waals surface area contributed by atoms with Crippen LogP contribution < -0.4 is 10.7 Å². The Morgan fingerprint density at radius 1 is 1.23 bits per heavy atom. The molecule has 1 aromatic carbocycles. The molecular formula is C41H50N6O5S. The maximum atomic E-state index is 14.3. The van der Waals surface area contributed by atoms with Crippen LogP contribution in [-0.2, 0) is 43.2 Å². The summed E-state index contributed by atoms with van der Waals surface area (Å²) in [5.41, 5.74) is 9.69. The first kappa shape index (κ1) is 35.9. The van der Waals surface area contributed by atoms with Gasteiger partial charge in [-0.25, -0.2) is 10.4 Å². The molecule has 2 aliphatic carbocycles. The molecule has 6 bridgehead atoms. The van der Waals surface area contributed by atoms with E-state index in [0.29, 0.717) is 25.3 Å². The smallest absolute Gasteiger partial charge is 0.325 e. The van der Waals surface area contributed by atoms with Gasteiger partial charge >= 0.3 is 5.97 Å². The van der Waals surface area contributed by atoms with Gasteiger partial charge in [-0.15, -0.1) is 11.3 Å². The molecule has 4 aromatic rings. The fourth-order valence-corrected chi connectivity index (χ4v) is 9.19. The number of thiazole rings is 1. The van der Waals surface area contributed by atoms with Crippen LogP contribution in [0.4, 0.5) is 0 Å². The number of hydrogen-bond donors (Lipinski definition) is 2. The third-order valence-corrected chi connectivity index (χ3v) is 12.7. The third-order valence-electron chi connectivity index (χ3n) is 11.8. The number of pyridine rings is 1. The van der Waals surface area contributed by atoms with Crippen LogP contribution in [0.15, 0.2) is 41.9 Å². The van der Waals surface area contributed by atoms with Gasteiger partial charge in [0, 0.05) is 71.6 Å². The number of carbonyl (C=O) groups is 3. The molecule has 1 spiro atoms. The highest BCUT2D eigenvalue weighted by Gasteiger charge is 2.52. The van der Waals surface area contributed by atoms with Gasteiger partial charge in [0.05, 0.1) is 34.8 Å². The summed E-state index contributed by atoms with van der Waals surface area (Å²) < 4.78 is 14.3. The van der Waals surface area contributed by atoms with E-state index in [1.54, 1.807) is 12.1 Å². The molecule has 8 rings (SSSR count). The zero-order valence-corrected chi connectivity index (χ0v) is 32.3. The average Bonchev–Trinajstić information content (AvgIpc) is 3.99. The fraction of sp³-hybridized carbons (Fsp3) is 0.537. The lowest BCUT2D eigenvalue weighted by Gasteiger charge is -2.39. The molecule has 2 saturated carbocycles. The number of cyclic esters (lactones) is 1. The summed E-state index contributed by atoms with van der Waals surface area (Å²) >= 11 is 1.50. The molecule has 0 radical (unpaired) electrons. The second-order valence-corrected chi connectivity index (χ2v) is 17.5. The van der Waals surface area contributed by atoms with Gasteiger partial charge in [-0.1, -0.05) is 26.8 Å². The average molecular weight is 739 g/mol. The Kier molecular flexibility index (Phi) is 9.22. The van der Waals surface area contributed by atoms with Crippen molar-refractivity contribution in [2.24, 2.45) is 22.7 Å². The molecule has 5 unspecified atom stereocenters. The van der Waals surface area contributed by atoms with Crippen molar-refractivity contribution in [2.75, 3.05) is 20.3 Å². The van der Waals surface area contributed by atoms with E-state index in [-0.39, 0.29) is 48.2 Å². The summed E-state index contributed by atoms with van der Waals surface area (Å²) in [5, 5.41) is 8.57. The van der Waals surface area contributed by atoms with Gasteiger partial charge < -0.3 is 19.4 Å². The molecule has 3 aromatic heterocycles. The first-order chi connectivity index (χ1) is 25.4. The number of fused-ring (bicyclic) bond motifs is 6. The molecular weight excluding hydrogens is 689 g/mol. The maximum absolute atomic E-state index is 14.3. The number of nitrogens with one attached hydrogen (secondary N) is 2. The molecule has 2 aliphatic heterocycles. The lowest BCUT2D eigenvalue weighted by atomic mass is 9.84. The van der Waals surface area contributed by atoms with Crippen LogP contribution in [0.5, 0.6) is 0 Å². The van der Waals surface area contributed by atoms with Gasteiger partial charge in [-0.3, -0.25) is 24.4 Å². The molecule has 5 atom stereocenters. The fourth-order valence-electron chi connectivity index (χ4n) is 8.34. The van der Waals surface area contributed by atoms with Crippen LogP contribution in [0.3, 0.4) is 0 Å². The highest BCUT2D eigenvalue weighted by atomic mass is 32.1. The number of hydrazine groups is 1. The van der Waals surface area contributed by atoms with Gasteiger partial charge in [-0.05, 0) is 87.1 Å². The van der Waals surface area contributed by atoms with Crippen molar-refractivity contribution in [1.29, 1.82) is 0 Å². The van der Waals surface area contributed by atoms with E-state index < -0.39 is 17.5 Å². The number of methoxy groups -OCH3 is 1. The normalized spacial score (nSPS) is 25.5. The van der Waals surface area contributed by atoms with Gasteiger partial charge in [-0.2, -0.15) is 0 Å². The van der Waals surface area contributed by atoms with Gasteiger partial charge in [0.1, 0.15) is 12.1 Å². The van der Waals surface area contributed by atoms with E-state index in [2.05, 4.69) is 67.3 Å². The quantitative estimate of drug-likeness (QED) is 0.223. The summed E-state index contributed by atoms with van der Waals surface area (Å²) in [6, 6.07) is 9.11. The van der Waals surface area contributed by atoms with E-state index in [1.807, 2.05) is 24.6 Å². The molecule has 1 saturated heterocycles. The summed E-state index contributed by atoms with van der Waals surface area (Å²) in [6.07, 6.45) is 5.82. The van der Waals surface area contributed by atoms with Gasteiger partial charge in [0.2, 0.25) is 5.91 Å². The molecule has 5 heterocycles. The number of aryl methyl sites for hydroxylation is 1. The summed E-state index contributed by atoms with van der Waals surface area (Å²) in [5.74, 6) is -0.484. The lowest BCUT2D eigenvalue weighted by Crippen LogP contribution is -2.63. The first-order valence-electron chi connectivity index (χ1n) is 19.0. The topological polar surface area (TPSA) is 128 Å². The van der Waals surface area contributed by atoms with Crippen molar-refractivity contribution in [3.05, 3.63) is 58.2 Å². The van der Waals surface area contributed by atoms with E-state index in [0.717, 1.165) is 75.5 Å². The van der Waals surface area contributed by atoms with Crippen molar-refractivity contribution in [1.82, 2.24) is 30.3 Å². The van der Waals surface area contributed by atoms with E-state index in [4.69, 9.17) is 19.4 Å². The minimum Gasteiger partial charge on any atom is -0.464 e. The predicted octanol–water partition coefficient (Wildman–Crippen LogP) is 6.25. The summed E-state index contributed by atoms with van der Waals surface area (Å²) in [7, 11) is 1.70. The Hall–Kier alpha value is -4.13. The monoisotopic (exact) mass is 738 g/mol. The van der Waals surface area contributed by atoms with Crippen molar-refractivity contribution >= 4 is 40.0 Å². The number of hydrogen-bond acceptors (Lipinski definition) is 9. The first-order valence-corrected chi connectivity index (χ1v) is 19.9. The number of aromatic nitrogens is 3. The molecule has 2 N–H and O–H groups in total. The maximum Gasteiger partial charge on any atom is 0.325 e. The Morgan fingerprint density at radius 3 is 2.74 bits per heavy atom. The minimum absolute atomic E-state index is 0.0837. The van der Waals surface area contributed by atoms with Crippen LogP contribution in [0.1, 0.15) is 82.7 Å². The van der Waals surface area contributed by atoms with Crippen LogP contribution in [0, 0.1) is 22.7 Å². The summed E-state index contributed by atoms with van der Waals surface area (Å²) in [6.45, 7) is 11.9. The zero-order valence-electron chi connectivity index (χ0n) is 31.5. The molecule has 4 aliphatic rings. The van der Waals surface area contributed by atoms with Crippen LogP contribution in [0.2, 0.25) is 0 Å². The minimum atomic E-state index is -0.816. The molecule has 280 valence electrons. The van der Waals surface area contributed by atoms with Crippen LogP contribution in [0.25, 0.3) is 33.4 Å². The predicted molar refractivity (Wildman–Crippen MR) is 204 cm³/mol. The third kappa shape index (κ3) is 6.89. The van der Waals surface area contributed by atoms with Crippen molar-refractivity contribution in [3.63, 3.8) is 0 Å². The van der Waals surface area contributed by atoms with E-state index in [9.17, 15) is 14.4 Å². The van der Waals surface area contributed by atoms with Gasteiger partial charge in [0.15, 0.2) is 0 Å². The van der Waals surface area contributed by atoms with Crippen molar-refractivity contribution in [2.45, 2.75) is 97.9 Å². The molecule has 12 heteroatoms. The number of benzene rings is 1. The number of nitrogens with zero attached hydrogens (tertiary/aromatic N) is 4. The number of rotatable bonds is 6. The molecule has 53 heavy (non-hydrogen) atoms. The van der Waals surface area contributed by atoms with E-state index in [1.165, 1.54) is 11.3 Å². The Bertz CT molecular complexity index is 2080. The summed E-state index contributed by atoms with van der Waals surface area (Å²) in [4.78, 5) is 51.4. The number of amides is 2. The number of ether oxygens (including phenoxy) is 2. The number of carbonyl (C=O) groups excluding carboxylic acids is 3. The van der Waals surface area contributed by atoms with Crippen LogP contribution >= 0.6 is 11.3 Å². The second-order valence-electron chi connectivity index (χ2n) is 16.6. The molecule has 2 amide bonds. The lowest BCUT2D eigenvalue weighted by molar-refractivity contribution is -0.157. The molecule has 3 fully saturated rings. The Morgan fingerprint density at radius 2 is 2.02 bits per heavy atom. The SMILES string of the molecule is CCn1c(-c2cccnc2C(C)OC)c2c3cc(ccc31)-c1csc(n1)CC(NC(=O)C1CC1C)C(=O)N1CC3(CC3)CC(N1)C(=O)OCC(C)(C)C2. The highest BCUT2D eigenvalue weighted by Crippen LogP contribution is 2.52. The Labute approximate surface area is 314 Å². The standard InChI is InChI=1S/C41H50N6O5S/c1-7-46-33-11-10-25-16-28(33)29(36(46)26-9-8-14-42-35(26)24(3)51-6)18-40(4,5)22-52-39(50)31-19-41(12-13-41)21-47(45-31)38(49)30(17-34-43-32(25)20-53-34)44-37(48)27-15-23(27)2/h8-11,14,16,20,23-24,27,30-31,45H,7,12-13,15,17-19,21-22H2,1-6H3,(H,44,48). The number of esters is 1. The van der Waals surface area contributed by atoms with Gasteiger partial charge in [0.25, 0.3) is 5.91 Å².